The SMILES string of the molecule is COc1cc(N2CCSCC2)c2oc(CO)cc2c1. The molecular formula is C14H17NO3S. The van der Waals surface area contributed by atoms with Gasteiger partial charge in [0.05, 0.1) is 12.8 Å². The molecule has 1 aliphatic heterocycles. The number of aliphatic hydroxyl groups excluding tert-OH is 1. The lowest BCUT2D eigenvalue weighted by molar-refractivity contribution is 0.251. The van der Waals surface area contributed by atoms with Crippen LogP contribution in [0.15, 0.2) is 22.6 Å². The molecule has 2 heterocycles. The molecule has 1 aromatic carbocycles. The second-order valence-corrected chi connectivity index (χ2v) is 5.76. The van der Waals surface area contributed by atoms with E-state index in [1.807, 2.05) is 30.0 Å². The van der Waals surface area contributed by atoms with Crippen molar-refractivity contribution >= 4 is 28.4 Å². The van der Waals surface area contributed by atoms with Crippen LogP contribution in [-0.4, -0.2) is 36.8 Å². The Labute approximate surface area is 116 Å². The zero-order chi connectivity index (χ0) is 13.2. The van der Waals surface area contributed by atoms with Crippen LogP contribution in [0.3, 0.4) is 0 Å². The molecule has 0 aliphatic carbocycles. The predicted molar refractivity (Wildman–Crippen MR) is 78.2 cm³/mol. The van der Waals surface area contributed by atoms with E-state index in [0.29, 0.717) is 5.76 Å². The van der Waals surface area contributed by atoms with Gasteiger partial charge in [-0.3, -0.25) is 0 Å². The molecule has 4 nitrogen and oxygen atoms in total. The van der Waals surface area contributed by atoms with Gasteiger partial charge in [0.25, 0.3) is 0 Å². The first kappa shape index (κ1) is 12.7. The molecule has 0 radical (unpaired) electrons. The molecule has 0 bridgehead atoms. The van der Waals surface area contributed by atoms with E-state index in [0.717, 1.165) is 47.0 Å². The van der Waals surface area contributed by atoms with E-state index in [-0.39, 0.29) is 6.61 Å². The number of furan rings is 1. The zero-order valence-corrected chi connectivity index (χ0v) is 11.7. The number of nitrogens with zero attached hydrogens (tertiary/aromatic N) is 1. The minimum atomic E-state index is -0.0771. The van der Waals surface area contributed by atoms with Crippen LogP contribution in [0.5, 0.6) is 5.75 Å². The molecule has 1 saturated heterocycles. The van der Waals surface area contributed by atoms with Gasteiger partial charge in [-0.1, -0.05) is 0 Å². The highest BCUT2D eigenvalue weighted by Gasteiger charge is 2.18. The maximum atomic E-state index is 9.22. The minimum Gasteiger partial charge on any atom is -0.497 e. The number of hydrogen-bond acceptors (Lipinski definition) is 5. The Bertz CT molecular complexity index is 575. The van der Waals surface area contributed by atoms with Crippen LogP contribution < -0.4 is 9.64 Å². The van der Waals surface area contributed by atoms with Crippen molar-refractivity contribution < 1.29 is 14.3 Å². The average molecular weight is 279 g/mol. The summed E-state index contributed by atoms with van der Waals surface area (Å²) in [6.07, 6.45) is 0. The van der Waals surface area contributed by atoms with Crippen molar-refractivity contribution in [3.8, 4) is 5.75 Å². The van der Waals surface area contributed by atoms with E-state index in [4.69, 9.17) is 9.15 Å². The maximum absolute atomic E-state index is 9.22. The Morgan fingerprint density at radius 2 is 2.11 bits per heavy atom. The van der Waals surface area contributed by atoms with Gasteiger partial charge in [0.15, 0.2) is 5.58 Å². The van der Waals surface area contributed by atoms with Crippen LogP contribution in [0.2, 0.25) is 0 Å². The molecule has 0 unspecified atom stereocenters. The average Bonchev–Trinajstić information content (AvgIpc) is 2.90. The predicted octanol–water partition coefficient (Wildman–Crippen LogP) is 2.49. The van der Waals surface area contributed by atoms with Gasteiger partial charge in [0, 0.05) is 36.0 Å². The summed E-state index contributed by atoms with van der Waals surface area (Å²) in [6, 6.07) is 5.84. The number of methoxy groups -OCH3 is 1. The summed E-state index contributed by atoms with van der Waals surface area (Å²) >= 11 is 1.97. The van der Waals surface area contributed by atoms with Gasteiger partial charge in [-0.2, -0.15) is 11.8 Å². The normalized spacial score (nSPS) is 16.0. The molecule has 0 saturated carbocycles. The fourth-order valence-electron chi connectivity index (χ4n) is 2.40. The molecule has 3 rings (SSSR count). The fourth-order valence-corrected chi connectivity index (χ4v) is 3.30. The van der Waals surface area contributed by atoms with Crippen LogP contribution in [0.4, 0.5) is 5.69 Å². The van der Waals surface area contributed by atoms with Crippen LogP contribution in [0.25, 0.3) is 11.0 Å². The number of hydrogen-bond donors (Lipinski definition) is 1. The van der Waals surface area contributed by atoms with E-state index in [9.17, 15) is 5.11 Å². The number of ether oxygens (including phenoxy) is 1. The highest BCUT2D eigenvalue weighted by Crippen LogP contribution is 2.35. The molecule has 1 aromatic heterocycles. The number of anilines is 1. The summed E-state index contributed by atoms with van der Waals surface area (Å²) in [5.41, 5.74) is 1.91. The lowest BCUT2D eigenvalue weighted by Crippen LogP contribution is -2.32. The molecule has 1 N–H and O–H groups in total. The topological polar surface area (TPSA) is 45.8 Å². The first-order chi connectivity index (χ1) is 9.31. The second kappa shape index (κ2) is 5.35. The molecule has 1 fully saturated rings. The van der Waals surface area contributed by atoms with Gasteiger partial charge in [0.2, 0.25) is 0 Å². The van der Waals surface area contributed by atoms with Gasteiger partial charge in [-0.05, 0) is 12.1 Å². The third kappa shape index (κ3) is 2.40. The lowest BCUT2D eigenvalue weighted by Gasteiger charge is -2.28. The largest absolute Gasteiger partial charge is 0.497 e. The number of fused-ring (bicyclic) bond motifs is 1. The quantitative estimate of drug-likeness (QED) is 0.935. The summed E-state index contributed by atoms with van der Waals surface area (Å²) in [4.78, 5) is 2.33. The van der Waals surface area contributed by atoms with Crippen LogP contribution in [-0.2, 0) is 6.61 Å². The zero-order valence-electron chi connectivity index (χ0n) is 10.9. The fraction of sp³-hybridized carbons (Fsp3) is 0.429. The number of aliphatic hydroxyl groups is 1. The number of rotatable bonds is 3. The monoisotopic (exact) mass is 279 g/mol. The highest BCUT2D eigenvalue weighted by molar-refractivity contribution is 7.99. The minimum absolute atomic E-state index is 0.0771. The van der Waals surface area contributed by atoms with Gasteiger partial charge < -0.3 is 19.2 Å². The van der Waals surface area contributed by atoms with E-state index in [2.05, 4.69) is 4.90 Å². The molecule has 0 atom stereocenters. The third-order valence-corrected chi connectivity index (χ3v) is 4.31. The molecule has 102 valence electrons. The number of benzene rings is 1. The van der Waals surface area contributed by atoms with E-state index in [1.165, 1.54) is 0 Å². The molecule has 19 heavy (non-hydrogen) atoms. The molecular weight excluding hydrogens is 262 g/mol. The molecule has 1 aliphatic rings. The van der Waals surface area contributed by atoms with Crippen molar-refractivity contribution in [1.29, 1.82) is 0 Å². The molecule has 0 amide bonds. The van der Waals surface area contributed by atoms with Gasteiger partial charge in [-0.25, -0.2) is 0 Å². The third-order valence-electron chi connectivity index (χ3n) is 3.36. The number of thioether (sulfide) groups is 1. The summed E-state index contributed by atoms with van der Waals surface area (Å²) < 4.78 is 11.1. The van der Waals surface area contributed by atoms with E-state index >= 15 is 0 Å². The van der Waals surface area contributed by atoms with Gasteiger partial charge >= 0.3 is 0 Å². The first-order valence-corrected chi connectivity index (χ1v) is 7.51. The molecule has 0 spiro atoms. The van der Waals surface area contributed by atoms with Crippen molar-refractivity contribution in [1.82, 2.24) is 0 Å². The Morgan fingerprint density at radius 1 is 1.32 bits per heavy atom. The van der Waals surface area contributed by atoms with E-state index in [1.54, 1.807) is 7.11 Å². The van der Waals surface area contributed by atoms with Crippen molar-refractivity contribution in [2.45, 2.75) is 6.61 Å². The first-order valence-electron chi connectivity index (χ1n) is 6.36. The van der Waals surface area contributed by atoms with Crippen molar-refractivity contribution in [2.75, 3.05) is 36.6 Å². The maximum Gasteiger partial charge on any atom is 0.157 e. The van der Waals surface area contributed by atoms with Crippen molar-refractivity contribution in [3.05, 3.63) is 24.0 Å². The van der Waals surface area contributed by atoms with Crippen LogP contribution in [0, 0.1) is 0 Å². The van der Waals surface area contributed by atoms with Gasteiger partial charge in [0.1, 0.15) is 18.1 Å². The standard InChI is InChI=1S/C14H17NO3S/c1-17-11-6-10-7-12(9-16)18-14(10)13(8-11)15-2-4-19-5-3-15/h6-8,16H,2-5,9H2,1H3. The Hall–Kier alpha value is -1.33. The second-order valence-electron chi connectivity index (χ2n) is 4.54. The van der Waals surface area contributed by atoms with Crippen molar-refractivity contribution in [2.24, 2.45) is 0 Å². The Balaban J connectivity index is 2.11. The summed E-state index contributed by atoms with van der Waals surface area (Å²) in [5, 5.41) is 10.2. The molecule has 5 heteroatoms. The Kier molecular flexibility index (Phi) is 3.57. The smallest absolute Gasteiger partial charge is 0.157 e. The van der Waals surface area contributed by atoms with Crippen LogP contribution >= 0.6 is 11.8 Å². The lowest BCUT2D eigenvalue weighted by atomic mass is 10.2. The van der Waals surface area contributed by atoms with Crippen LogP contribution in [0.1, 0.15) is 5.76 Å². The summed E-state index contributed by atoms with van der Waals surface area (Å²) in [7, 11) is 1.67. The summed E-state index contributed by atoms with van der Waals surface area (Å²) in [5.74, 6) is 3.68. The highest BCUT2D eigenvalue weighted by atomic mass is 32.2. The van der Waals surface area contributed by atoms with Gasteiger partial charge in [-0.15, -0.1) is 0 Å². The summed E-state index contributed by atoms with van der Waals surface area (Å²) in [6.45, 7) is 1.95. The van der Waals surface area contributed by atoms with E-state index < -0.39 is 0 Å². The Morgan fingerprint density at radius 3 is 2.79 bits per heavy atom. The van der Waals surface area contributed by atoms with Crippen molar-refractivity contribution in [3.63, 3.8) is 0 Å². The molecule has 2 aromatic rings.